The van der Waals surface area contributed by atoms with Crippen LogP contribution in [-0.2, 0) is 14.8 Å². The maximum Gasteiger partial charge on any atom is 0.283 e. The number of carbonyl (C=O) groups excluding carboxylic acids is 1. The lowest BCUT2D eigenvalue weighted by atomic mass is 9.98. The molecule has 4 aromatic rings. The van der Waals surface area contributed by atoms with Gasteiger partial charge in [0.25, 0.3) is 10.0 Å². The third-order valence-electron chi connectivity index (χ3n) is 6.21. The van der Waals surface area contributed by atoms with Gasteiger partial charge in [-0.15, -0.1) is 0 Å². The maximum absolute atomic E-state index is 13.5. The smallest absolute Gasteiger partial charge is 0.283 e. The summed E-state index contributed by atoms with van der Waals surface area (Å²) >= 11 is 5.98. The van der Waals surface area contributed by atoms with E-state index in [0.717, 1.165) is 12.5 Å². The standard InChI is InChI=1S/C28H28ClN5O5S/c1-14-10-20(16(3)32-23-8-9-24(29)33-28(23)40(37,38)34-17(4)35)27-21(11-14)25(36)15(2)26(39-27)18-6-7-22(30)19(12-18)13-31-5/h6-13,16,32H,30H2,1-5H3,(H,34,35)/t16-/m1/s1. The van der Waals surface area contributed by atoms with Gasteiger partial charge >= 0.3 is 0 Å². The van der Waals surface area contributed by atoms with Crippen LogP contribution in [0.3, 0.4) is 0 Å². The Hall–Kier alpha value is -4.22. The predicted octanol–water partition coefficient (Wildman–Crippen LogP) is 4.75. The SMILES string of the molecule is CN=Cc1cc(-c2oc3c([C@@H](C)Nc4ccc(Cl)nc4S(=O)(=O)NC(C)=O)cc(C)cc3c(=O)c2C)ccc1N. The first-order valence-corrected chi connectivity index (χ1v) is 14.0. The first kappa shape index (κ1) is 28.8. The van der Waals surface area contributed by atoms with Crippen LogP contribution in [0, 0.1) is 13.8 Å². The number of nitrogen functional groups attached to an aromatic ring is 1. The summed E-state index contributed by atoms with van der Waals surface area (Å²) in [6, 6.07) is 11.2. The van der Waals surface area contributed by atoms with E-state index in [2.05, 4.69) is 15.3 Å². The second-order valence-electron chi connectivity index (χ2n) is 9.36. The molecule has 0 bridgehead atoms. The minimum atomic E-state index is -4.31. The molecule has 2 heterocycles. The van der Waals surface area contributed by atoms with E-state index in [1.165, 1.54) is 12.1 Å². The fourth-order valence-corrected chi connectivity index (χ4v) is 5.72. The number of anilines is 2. The third-order valence-corrected chi connectivity index (χ3v) is 7.79. The monoisotopic (exact) mass is 581 g/mol. The molecule has 4 rings (SSSR count). The molecule has 0 aliphatic heterocycles. The summed E-state index contributed by atoms with van der Waals surface area (Å²) in [6.07, 6.45) is 1.63. The van der Waals surface area contributed by atoms with Crippen molar-refractivity contribution in [3.63, 3.8) is 0 Å². The highest BCUT2D eigenvalue weighted by Crippen LogP contribution is 2.34. The first-order valence-electron chi connectivity index (χ1n) is 12.2. The highest BCUT2D eigenvalue weighted by molar-refractivity contribution is 7.90. The van der Waals surface area contributed by atoms with E-state index in [4.69, 9.17) is 21.8 Å². The van der Waals surface area contributed by atoms with E-state index in [-0.39, 0.29) is 16.3 Å². The molecule has 0 saturated carbocycles. The van der Waals surface area contributed by atoms with E-state index in [1.54, 1.807) is 51.4 Å². The Morgan fingerprint density at radius 1 is 1.18 bits per heavy atom. The van der Waals surface area contributed by atoms with Crippen molar-refractivity contribution in [2.24, 2.45) is 4.99 Å². The number of hydrogen-bond acceptors (Lipinski definition) is 9. The van der Waals surface area contributed by atoms with Crippen LogP contribution in [0.4, 0.5) is 11.4 Å². The van der Waals surface area contributed by atoms with Crippen molar-refractivity contribution in [3.05, 3.63) is 80.1 Å². The minimum Gasteiger partial charge on any atom is -0.455 e. The molecule has 2 aromatic carbocycles. The summed E-state index contributed by atoms with van der Waals surface area (Å²) in [4.78, 5) is 33.0. The number of nitrogens with zero attached hydrogens (tertiary/aromatic N) is 2. The minimum absolute atomic E-state index is 0.0646. The fourth-order valence-electron chi connectivity index (χ4n) is 4.41. The van der Waals surface area contributed by atoms with Crippen LogP contribution in [0.25, 0.3) is 22.3 Å². The molecule has 0 spiro atoms. The van der Waals surface area contributed by atoms with Crippen LogP contribution < -0.4 is 21.2 Å². The molecule has 0 unspecified atom stereocenters. The Balaban J connectivity index is 1.88. The van der Waals surface area contributed by atoms with Gasteiger partial charge in [0.15, 0.2) is 5.43 Å². The zero-order valence-corrected chi connectivity index (χ0v) is 24.1. The maximum atomic E-state index is 13.5. The molecule has 0 aliphatic carbocycles. The molecule has 1 atom stereocenters. The van der Waals surface area contributed by atoms with Gasteiger partial charge < -0.3 is 15.5 Å². The summed E-state index contributed by atoms with van der Waals surface area (Å²) in [5.41, 5.74) is 10.0. The van der Waals surface area contributed by atoms with Crippen molar-refractivity contribution >= 4 is 56.1 Å². The van der Waals surface area contributed by atoms with Crippen LogP contribution in [0.15, 0.2) is 61.7 Å². The molecule has 1 amide bonds. The Morgan fingerprint density at radius 2 is 1.90 bits per heavy atom. The van der Waals surface area contributed by atoms with Gasteiger partial charge in [0.05, 0.1) is 17.1 Å². The zero-order valence-electron chi connectivity index (χ0n) is 22.5. The molecule has 12 heteroatoms. The second kappa shape index (κ2) is 11.1. The molecule has 0 saturated heterocycles. The van der Waals surface area contributed by atoms with Gasteiger partial charge in [-0.25, -0.2) is 9.71 Å². The Bertz CT molecular complexity index is 1850. The van der Waals surface area contributed by atoms with Gasteiger partial charge in [0.2, 0.25) is 10.9 Å². The summed E-state index contributed by atoms with van der Waals surface area (Å²) in [5.74, 6) is -0.395. The lowest BCUT2D eigenvalue weighted by Gasteiger charge is -2.20. The van der Waals surface area contributed by atoms with Crippen LogP contribution in [0.1, 0.15) is 42.1 Å². The number of aryl methyl sites for hydroxylation is 1. The normalized spacial score (nSPS) is 12.6. The Morgan fingerprint density at radius 3 is 2.58 bits per heavy atom. The molecule has 0 aliphatic rings. The number of aliphatic imine (C=N–C) groups is 1. The largest absolute Gasteiger partial charge is 0.455 e. The van der Waals surface area contributed by atoms with E-state index >= 15 is 0 Å². The number of halogens is 1. The highest BCUT2D eigenvalue weighted by Gasteiger charge is 2.25. The average molecular weight is 582 g/mol. The van der Waals surface area contributed by atoms with Crippen molar-refractivity contribution in [1.82, 2.24) is 9.71 Å². The van der Waals surface area contributed by atoms with E-state index < -0.39 is 27.0 Å². The van der Waals surface area contributed by atoms with Gasteiger partial charge in [-0.2, -0.15) is 8.42 Å². The topological polar surface area (TPSA) is 157 Å². The molecular formula is C28H28ClN5O5S. The number of hydrogen-bond donors (Lipinski definition) is 3. The number of carbonyl (C=O) groups is 1. The van der Waals surface area contributed by atoms with Crippen molar-refractivity contribution in [1.29, 1.82) is 0 Å². The number of rotatable bonds is 7. The van der Waals surface area contributed by atoms with Crippen LogP contribution in [-0.4, -0.2) is 32.6 Å². The van der Waals surface area contributed by atoms with Gasteiger partial charge in [-0.1, -0.05) is 17.7 Å². The van der Waals surface area contributed by atoms with Crippen molar-refractivity contribution in [2.45, 2.75) is 38.8 Å². The Labute approximate surface area is 236 Å². The number of nitrogens with one attached hydrogen (secondary N) is 2. The molecule has 208 valence electrons. The van der Waals surface area contributed by atoms with Gasteiger partial charge in [0, 0.05) is 48.1 Å². The molecule has 40 heavy (non-hydrogen) atoms. The lowest BCUT2D eigenvalue weighted by molar-refractivity contribution is -0.117. The number of aromatic nitrogens is 1. The van der Waals surface area contributed by atoms with Crippen molar-refractivity contribution in [3.8, 4) is 11.3 Å². The number of sulfonamides is 1. The lowest BCUT2D eigenvalue weighted by Crippen LogP contribution is -2.29. The number of fused-ring (bicyclic) bond motifs is 1. The van der Waals surface area contributed by atoms with E-state index in [1.807, 2.05) is 17.7 Å². The molecule has 4 N–H and O–H groups in total. The molecular weight excluding hydrogens is 554 g/mol. The number of amides is 1. The summed E-state index contributed by atoms with van der Waals surface area (Å²) in [6.45, 7) is 6.42. The number of nitrogens with two attached hydrogens (primary N) is 1. The first-order chi connectivity index (χ1) is 18.8. The Kier molecular flexibility index (Phi) is 7.99. The molecule has 2 aromatic heterocycles. The van der Waals surface area contributed by atoms with Gasteiger partial charge in [-0.3, -0.25) is 14.6 Å². The number of pyridine rings is 1. The van der Waals surface area contributed by atoms with E-state index in [0.29, 0.717) is 44.7 Å². The van der Waals surface area contributed by atoms with Crippen LogP contribution in [0.5, 0.6) is 0 Å². The third kappa shape index (κ3) is 5.70. The van der Waals surface area contributed by atoms with Gasteiger partial charge in [-0.05, 0) is 62.7 Å². The molecule has 10 nitrogen and oxygen atoms in total. The van der Waals surface area contributed by atoms with Crippen molar-refractivity contribution < 1.29 is 17.6 Å². The fraction of sp³-hybridized carbons (Fsp3) is 0.214. The van der Waals surface area contributed by atoms with Crippen molar-refractivity contribution in [2.75, 3.05) is 18.1 Å². The highest BCUT2D eigenvalue weighted by atomic mass is 35.5. The molecule has 0 radical (unpaired) electrons. The summed E-state index contributed by atoms with van der Waals surface area (Å²) < 4.78 is 33.9. The van der Waals surface area contributed by atoms with Crippen LogP contribution in [0.2, 0.25) is 5.15 Å². The summed E-state index contributed by atoms with van der Waals surface area (Å²) in [7, 11) is -2.67. The molecule has 0 fully saturated rings. The predicted molar refractivity (Wildman–Crippen MR) is 158 cm³/mol. The van der Waals surface area contributed by atoms with Gasteiger partial charge in [0.1, 0.15) is 16.5 Å². The number of benzene rings is 2. The summed E-state index contributed by atoms with van der Waals surface area (Å²) in [5, 5.41) is 3.01. The average Bonchev–Trinajstić information content (AvgIpc) is 2.87. The second-order valence-corrected chi connectivity index (χ2v) is 11.3. The van der Waals surface area contributed by atoms with Crippen LogP contribution >= 0.6 is 11.6 Å². The van der Waals surface area contributed by atoms with E-state index in [9.17, 15) is 18.0 Å². The quantitative estimate of drug-likeness (QED) is 0.160. The zero-order chi connectivity index (χ0) is 29.4.